The van der Waals surface area contributed by atoms with Gasteiger partial charge in [0.05, 0.1) is 16.2 Å². The van der Waals surface area contributed by atoms with Gasteiger partial charge in [-0.15, -0.1) is 0 Å². The lowest BCUT2D eigenvalue weighted by molar-refractivity contribution is -0.384. The van der Waals surface area contributed by atoms with Gasteiger partial charge in [-0.3, -0.25) is 15.0 Å². The minimum atomic E-state index is -0.571. The van der Waals surface area contributed by atoms with Crippen molar-refractivity contribution in [3.63, 3.8) is 0 Å². The van der Waals surface area contributed by atoms with Crippen LogP contribution in [0.5, 0.6) is 0 Å². The van der Waals surface area contributed by atoms with Gasteiger partial charge in [-0.25, -0.2) is 0 Å². The second-order valence-electron chi connectivity index (χ2n) is 2.19. The molecule has 1 aromatic carbocycles. The minimum absolute atomic E-state index is 0.132. The monoisotopic (exact) mass is 197 g/mol. The molecule has 0 radical (unpaired) electrons. The molecular formula is C7H4ClN3O2. The Balaban J connectivity index is 3.23. The van der Waals surface area contributed by atoms with Gasteiger partial charge in [-0.2, -0.15) is 5.26 Å². The summed E-state index contributed by atoms with van der Waals surface area (Å²) in [6.07, 6.45) is 0. The number of nitro groups is 1. The van der Waals surface area contributed by atoms with Gasteiger partial charge in [0.15, 0.2) is 0 Å². The molecule has 0 aliphatic rings. The Labute approximate surface area is 78.8 Å². The van der Waals surface area contributed by atoms with E-state index in [0.717, 1.165) is 6.07 Å². The predicted octanol–water partition coefficient (Wildman–Crippen LogP) is 2.03. The van der Waals surface area contributed by atoms with Gasteiger partial charge in [-0.05, 0) is 6.07 Å². The van der Waals surface area contributed by atoms with E-state index < -0.39 is 4.92 Å². The van der Waals surface area contributed by atoms with Gasteiger partial charge >= 0.3 is 0 Å². The van der Waals surface area contributed by atoms with Crippen molar-refractivity contribution in [2.75, 3.05) is 4.84 Å². The summed E-state index contributed by atoms with van der Waals surface area (Å²) in [4.78, 5) is 12.0. The Morgan fingerprint density at radius 3 is 2.77 bits per heavy atom. The molecule has 0 spiro atoms. The van der Waals surface area contributed by atoms with Crippen LogP contribution in [-0.4, -0.2) is 4.92 Å². The van der Waals surface area contributed by atoms with Crippen LogP contribution in [-0.2, 0) is 0 Å². The quantitative estimate of drug-likeness (QED) is 0.447. The Hall–Kier alpha value is -1.80. The van der Waals surface area contributed by atoms with Crippen molar-refractivity contribution in [2.24, 2.45) is 0 Å². The SMILES string of the molecule is N#Cc1cc([N+](=O)[O-])ccc1NCl. The highest BCUT2D eigenvalue weighted by Gasteiger charge is 2.09. The highest BCUT2D eigenvalue weighted by molar-refractivity contribution is 6.24. The first-order valence-electron chi connectivity index (χ1n) is 3.24. The molecule has 0 heterocycles. The Kier molecular flexibility index (Phi) is 2.67. The number of nitrogens with one attached hydrogen (secondary N) is 1. The van der Waals surface area contributed by atoms with Crippen LogP contribution in [0.15, 0.2) is 18.2 Å². The number of nitrogens with zero attached hydrogens (tertiary/aromatic N) is 2. The normalized spacial score (nSPS) is 8.92. The second kappa shape index (κ2) is 3.74. The molecule has 0 amide bonds. The van der Waals surface area contributed by atoms with Gasteiger partial charge in [-0.1, -0.05) is 0 Å². The molecule has 1 aromatic rings. The van der Waals surface area contributed by atoms with Gasteiger partial charge in [0.2, 0.25) is 0 Å². The summed E-state index contributed by atoms with van der Waals surface area (Å²) in [5.74, 6) is 0. The maximum Gasteiger partial charge on any atom is 0.270 e. The van der Waals surface area contributed by atoms with Gasteiger partial charge in [0.25, 0.3) is 5.69 Å². The van der Waals surface area contributed by atoms with Crippen molar-refractivity contribution in [1.82, 2.24) is 0 Å². The summed E-state index contributed by atoms with van der Waals surface area (Å²) >= 11 is 5.27. The molecule has 0 unspecified atom stereocenters. The van der Waals surface area contributed by atoms with Crippen molar-refractivity contribution in [2.45, 2.75) is 0 Å². The topological polar surface area (TPSA) is 79.0 Å². The molecule has 1 rings (SSSR count). The molecule has 66 valence electrons. The smallest absolute Gasteiger partial charge is 0.270 e. The first kappa shape index (κ1) is 9.29. The number of rotatable bonds is 2. The highest BCUT2D eigenvalue weighted by atomic mass is 35.5. The number of anilines is 1. The molecule has 0 aromatic heterocycles. The molecule has 1 N–H and O–H groups in total. The van der Waals surface area contributed by atoms with E-state index in [2.05, 4.69) is 4.84 Å². The van der Waals surface area contributed by atoms with Gasteiger partial charge < -0.3 is 0 Å². The van der Waals surface area contributed by atoms with Crippen molar-refractivity contribution in [1.29, 1.82) is 5.26 Å². The average Bonchev–Trinajstić information content (AvgIpc) is 2.16. The van der Waals surface area contributed by atoms with Gasteiger partial charge in [0, 0.05) is 23.9 Å². The molecule has 0 bridgehead atoms. The van der Waals surface area contributed by atoms with Crippen LogP contribution in [0.1, 0.15) is 5.56 Å². The summed E-state index contributed by atoms with van der Waals surface area (Å²) in [5, 5.41) is 18.9. The van der Waals surface area contributed by atoms with E-state index in [4.69, 9.17) is 17.0 Å². The van der Waals surface area contributed by atoms with Crippen LogP contribution in [0.3, 0.4) is 0 Å². The van der Waals surface area contributed by atoms with E-state index in [0.29, 0.717) is 5.69 Å². The second-order valence-corrected chi connectivity index (χ2v) is 2.38. The Bertz CT molecular complexity index is 386. The van der Waals surface area contributed by atoms with Crippen LogP contribution >= 0.6 is 11.8 Å². The fraction of sp³-hybridized carbons (Fsp3) is 0. The van der Waals surface area contributed by atoms with E-state index in [-0.39, 0.29) is 11.3 Å². The third-order valence-corrected chi connectivity index (χ3v) is 1.64. The van der Waals surface area contributed by atoms with E-state index in [9.17, 15) is 10.1 Å². The van der Waals surface area contributed by atoms with Crippen molar-refractivity contribution >= 4 is 23.2 Å². The largest absolute Gasteiger partial charge is 0.297 e. The number of nitro benzene ring substituents is 1. The maximum absolute atomic E-state index is 10.3. The summed E-state index contributed by atoms with van der Waals surface area (Å²) in [5.41, 5.74) is 0.367. The molecule has 0 saturated carbocycles. The molecule has 0 aliphatic heterocycles. The molecular weight excluding hydrogens is 194 g/mol. The van der Waals surface area contributed by atoms with Crippen molar-refractivity contribution < 1.29 is 4.92 Å². The predicted molar refractivity (Wildman–Crippen MR) is 47.3 cm³/mol. The lowest BCUT2D eigenvalue weighted by atomic mass is 10.2. The van der Waals surface area contributed by atoms with E-state index in [1.165, 1.54) is 12.1 Å². The lowest BCUT2D eigenvalue weighted by Crippen LogP contribution is -1.91. The number of benzene rings is 1. The van der Waals surface area contributed by atoms with Crippen LogP contribution in [0, 0.1) is 21.4 Å². The standard InChI is InChI=1S/C7H4ClN3O2/c8-10-7-2-1-6(11(12)13)3-5(7)4-9/h1-3,10H. The Morgan fingerprint density at radius 2 is 2.31 bits per heavy atom. The van der Waals surface area contributed by atoms with Crippen LogP contribution in [0.4, 0.5) is 11.4 Å². The molecule has 13 heavy (non-hydrogen) atoms. The lowest BCUT2D eigenvalue weighted by Gasteiger charge is -1.99. The fourth-order valence-electron chi connectivity index (χ4n) is 0.821. The van der Waals surface area contributed by atoms with E-state index in [1.807, 2.05) is 0 Å². The number of halogens is 1. The summed E-state index contributed by atoms with van der Waals surface area (Å²) in [6, 6.07) is 5.60. The average molecular weight is 198 g/mol. The number of hydrogen-bond donors (Lipinski definition) is 1. The van der Waals surface area contributed by atoms with E-state index >= 15 is 0 Å². The third-order valence-electron chi connectivity index (χ3n) is 1.44. The zero-order valence-corrected chi connectivity index (χ0v) is 7.08. The first-order chi connectivity index (χ1) is 6.19. The van der Waals surface area contributed by atoms with Crippen molar-refractivity contribution in [3.8, 4) is 6.07 Å². The van der Waals surface area contributed by atoms with Crippen LogP contribution < -0.4 is 4.84 Å². The summed E-state index contributed by atoms with van der Waals surface area (Å²) in [7, 11) is 0. The van der Waals surface area contributed by atoms with Crippen LogP contribution in [0.2, 0.25) is 0 Å². The Morgan fingerprint density at radius 1 is 1.62 bits per heavy atom. The zero-order chi connectivity index (χ0) is 9.84. The maximum atomic E-state index is 10.3. The molecule has 0 saturated heterocycles. The van der Waals surface area contributed by atoms with Gasteiger partial charge in [0.1, 0.15) is 6.07 Å². The number of nitriles is 1. The molecule has 0 atom stereocenters. The van der Waals surface area contributed by atoms with Crippen molar-refractivity contribution in [3.05, 3.63) is 33.9 Å². The first-order valence-corrected chi connectivity index (χ1v) is 3.62. The third kappa shape index (κ3) is 1.86. The number of non-ortho nitro benzene ring substituents is 1. The zero-order valence-electron chi connectivity index (χ0n) is 6.32. The fourth-order valence-corrected chi connectivity index (χ4v) is 0.985. The molecule has 5 nitrogen and oxygen atoms in total. The van der Waals surface area contributed by atoms with Crippen LogP contribution in [0.25, 0.3) is 0 Å². The number of hydrogen-bond acceptors (Lipinski definition) is 4. The summed E-state index contributed by atoms with van der Waals surface area (Å²) < 4.78 is 0. The van der Waals surface area contributed by atoms with E-state index in [1.54, 1.807) is 6.07 Å². The highest BCUT2D eigenvalue weighted by Crippen LogP contribution is 2.21. The minimum Gasteiger partial charge on any atom is -0.297 e. The molecule has 0 aliphatic carbocycles. The molecule has 6 heteroatoms. The summed E-state index contributed by atoms with van der Waals surface area (Å²) in [6.45, 7) is 0. The molecule has 0 fully saturated rings.